The van der Waals surface area contributed by atoms with E-state index in [1.165, 1.54) is 18.1 Å². The normalized spacial score (nSPS) is 25.4. The van der Waals surface area contributed by atoms with Crippen molar-refractivity contribution in [3.05, 3.63) is 6.33 Å². The maximum Gasteiger partial charge on any atom is 0.248 e. The van der Waals surface area contributed by atoms with Crippen LogP contribution in [0.4, 0.5) is 8.78 Å². The van der Waals surface area contributed by atoms with Crippen LogP contribution in [-0.2, 0) is 0 Å². The maximum absolute atomic E-state index is 12.8. The third kappa shape index (κ3) is 2.43. The molecule has 6 heteroatoms. The van der Waals surface area contributed by atoms with Gasteiger partial charge in [0.05, 0.1) is 0 Å². The minimum absolute atomic E-state index is 0.0220. The predicted octanol–water partition coefficient (Wildman–Crippen LogP) is 2.33. The lowest BCUT2D eigenvalue weighted by molar-refractivity contribution is 0.00596. The average Bonchev–Trinajstić information content (AvgIpc) is 2.70. The van der Waals surface area contributed by atoms with Crippen molar-refractivity contribution in [3.8, 4) is 0 Å². The Kier molecular flexibility index (Phi) is 2.71. The summed E-state index contributed by atoms with van der Waals surface area (Å²) in [5.74, 6) is -1.63. The van der Waals surface area contributed by atoms with Crippen LogP contribution in [0.25, 0.3) is 0 Å². The number of rotatable bonds is 3. The summed E-state index contributed by atoms with van der Waals surface area (Å²) in [4.78, 5) is 3.92. The lowest BCUT2D eigenvalue weighted by Gasteiger charge is -2.08. The smallest absolute Gasteiger partial charge is 0.248 e. The van der Waals surface area contributed by atoms with Crippen LogP contribution in [0.3, 0.4) is 0 Å². The first-order chi connectivity index (χ1) is 6.66. The van der Waals surface area contributed by atoms with Gasteiger partial charge >= 0.3 is 0 Å². The number of nitrogens with zero attached hydrogens (tertiary/aromatic N) is 2. The molecule has 0 saturated heterocycles. The van der Waals surface area contributed by atoms with Gasteiger partial charge in [-0.15, -0.1) is 0 Å². The molecule has 1 aliphatic rings. The first kappa shape index (κ1) is 9.89. The minimum atomic E-state index is -2.44. The lowest BCUT2D eigenvalue weighted by atomic mass is 10.1. The average molecular weight is 219 g/mol. The highest BCUT2D eigenvalue weighted by Crippen LogP contribution is 2.40. The molecule has 0 radical (unpaired) electrons. The van der Waals surface area contributed by atoms with Crippen LogP contribution in [-0.4, -0.2) is 26.9 Å². The fourth-order valence-electron chi connectivity index (χ4n) is 1.64. The molecule has 2 rings (SSSR count). The summed E-state index contributed by atoms with van der Waals surface area (Å²) in [6, 6.07) is 0. The largest absolute Gasteiger partial charge is 0.254 e. The van der Waals surface area contributed by atoms with Gasteiger partial charge in [-0.05, 0) is 12.3 Å². The van der Waals surface area contributed by atoms with Gasteiger partial charge in [0.15, 0.2) is 5.16 Å². The molecule has 1 aromatic heterocycles. The summed E-state index contributed by atoms with van der Waals surface area (Å²) in [6.07, 6.45) is 2.10. The van der Waals surface area contributed by atoms with Crippen LogP contribution in [0.15, 0.2) is 11.5 Å². The molecule has 1 aromatic rings. The first-order valence-electron chi connectivity index (χ1n) is 4.52. The van der Waals surface area contributed by atoms with Crippen molar-refractivity contribution in [2.45, 2.75) is 30.3 Å². The number of hydrogen-bond donors (Lipinski definition) is 1. The monoisotopic (exact) mass is 219 g/mol. The summed E-state index contributed by atoms with van der Waals surface area (Å²) in [7, 11) is 0. The highest BCUT2D eigenvalue weighted by atomic mass is 32.2. The van der Waals surface area contributed by atoms with Gasteiger partial charge in [0, 0.05) is 18.6 Å². The van der Waals surface area contributed by atoms with E-state index < -0.39 is 5.92 Å². The van der Waals surface area contributed by atoms with Crippen molar-refractivity contribution in [2.24, 2.45) is 5.92 Å². The fraction of sp³-hybridized carbons (Fsp3) is 0.750. The molecule has 0 aromatic carbocycles. The lowest BCUT2D eigenvalue weighted by Crippen LogP contribution is -2.10. The van der Waals surface area contributed by atoms with Crippen molar-refractivity contribution < 1.29 is 8.78 Å². The molecule has 1 saturated carbocycles. The Bertz CT molecular complexity index is 289. The zero-order chi connectivity index (χ0) is 10.0. The molecular weight excluding hydrogens is 208 g/mol. The van der Waals surface area contributed by atoms with E-state index in [0.29, 0.717) is 17.3 Å². The Morgan fingerprint density at radius 3 is 3.07 bits per heavy atom. The second kappa shape index (κ2) is 3.84. The van der Waals surface area contributed by atoms with Crippen LogP contribution < -0.4 is 0 Å². The molecule has 1 aliphatic carbocycles. The number of aromatic amines is 1. The molecule has 0 bridgehead atoms. The number of nitrogens with one attached hydrogen (secondary N) is 1. The van der Waals surface area contributed by atoms with Gasteiger partial charge in [-0.25, -0.2) is 13.8 Å². The summed E-state index contributed by atoms with van der Waals surface area (Å²) in [6.45, 7) is 0. The summed E-state index contributed by atoms with van der Waals surface area (Å²) >= 11 is 1.46. The molecule has 3 nitrogen and oxygen atoms in total. The fourth-order valence-corrected chi connectivity index (χ4v) is 2.56. The standard InChI is InChI=1S/C8H11F2N3S/c9-8(10)2-1-6(3-8)4-14-7-11-5-12-13-7/h5-6H,1-4H2,(H,11,12,13)/t6-/m0/s1. The maximum atomic E-state index is 12.8. The first-order valence-corrected chi connectivity index (χ1v) is 5.50. The van der Waals surface area contributed by atoms with Crippen LogP contribution >= 0.6 is 11.8 Å². The van der Waals surface area contributed by atoms with E-state index in [4.69, 9.17) is 0 Å². The van der Waals surface area contributed by atoms with Gasteiger partial charge in [-0.1, -0.05) is 11.8 Å². The zero-order valence-electron chi connectivity index (χ0n) is 7.54. The van der Waals surface area contributed by atoms with Crippen molar-refractivity contribution in [1.82, 2.24) is 15.2 Å². The zero-order valence-corrected chi connectivity index (χ0v) is 8.36. The van der Waals surface area contributed by atoms with Crippen LogP contribution in [0.1, 0.15) is 19.3 Å². The van der Waals surface area contributed by atoms with Crippen LogP contribution in [0, 0.1) is 5.92 Å². The Hall–Kier alpha value is -0.650. The molecule has 0 unspecified atom stereocenters. The van der Waals surface area contributed by atoms with Gasteiger partial charge in [-0.3, -0.25) is 5.10 Å². The molecule has 1 fully saturated rings. The molecule has 0 spiro atoms. The van der Waals surface area contributed by atoms with Gasteiger partial charge in [0.2, 0.25) is 5.92 Å². The second-order valence-corrected chi connectivity index (χ2v) is 4.58. The number of hydrogen-bond acceptors (Lipinski definition) is 3. The quantitative estimate of drug-likeness (QED) is 0.793. The predicted molar refractivity (Wildman–Crippen MR) is 49.4 cm³/mol. The molecule has 0 aliphatic heterocycles. The Morgan fingerprint density at radius 2 is 2.50 bits per heavy atom. The number of alkyl halides is 2. The van der Waals surface area contributed by atoms with Gasteiger partial charge in [0.1, 0.15) is 6.33 Å². The summed E-state index contributed by atoms with van der Waals surface area (Å²) < 4.78 is 25.6. The number of aromatic nitrogens is 3. The highest BCUT2D eigenvalue weighted by molar-refractivity contribution is 7.99. The molecule has 0 amide bonds. The third-order valence-electron chi connectivity index (χ3n) is 2.35. The third-order valence-corrected chi connectivity index (χ3v) is 3.46. The number of halogens is 2. The van der Waals surface area contributed by atoms with Crippen molar-refractivity contribution in [3.63, 3.8) is 0 Å². The van der Waals surface area contributed by atoms with Crippen molar-refractivity contribution >= 4 is 11.8 Å². The SMILES string of the molecule is FC1(F)CC[C@H](CSc2ncn[nH]2)C1. The van der Waals surface area contributed by atoms with E-state index >= 15 is 0 Å². The second-order valence-electron chi connectivity index (χ2n) is 3.57. The molecular formula is C8H11F2N3S. The van der Waals surface area contributed by atoms with E-state index in [0.717, 1.165) is 0 Å². The molecule has 78 valence electrons. The van der Waals surface area contributed by atoms with E-state index in [1.54, 1.807) is 0 Å². The number of H-pyrrole nitrogens is 1. The van der Waals surface area contributed by atoms with Crippen LogP contribution in [0.2, 0.25) is 0 Å². The number of thioether (sulfide) groups is 1. The molecule has 14 heavy (non-hydrogen) atoms. The van der Waals surface area contributed by atoms with E-state index in [1.807, 2.05) is 0 Å². The summed E-state index contributed by atoms with van der Waals surface area (Å²) in [5, 5.41) is 7.10. The Morgan fingerprint density at radius 1 is 1.64 bits per heavy atom. The van der Waals surface area contributed by atoms with Gasteiger partial charge in [-0.2, -0.15) is 5.10 Å². The molecule has 1 atom stereocenters. The van der Waals surface area contributed by atoms with Gasteiger partial charge in [0.25, 0.3) is 0 Å². The molecule has 1 N–H and O–H groups in total. The minimum Gasteiger partial charge on any atom is -0.254 e. The van der Waals surface area contributed by atoms with E-state index in [9.17, 15) is 8.78 Å². The summed E-state index contributed by atoms with van der Waals surface area (Å²) in [5.41, 5.74) is 0. The highest BCUT2D eigenvalue weighted by Gasteiger charge is 2.39. The molecule has 1 heterocycles. The van der Waals surface area contributed by atoms with Crippen molar-refractivity contribution in [2.75, 3.05) is 5.75 Å². The Labute approximate surface area is 84.7 Å². The van der Waals surface area contributed by atoms with E-state index in [-0.39, 0.29) is 18.8 Å². The van der Waals surface area contributed by atoms with Crippen LogP contribution in [0.5, 0.6) is 0 Å². The van der Waals surface area contributed by atoms with Gasteiger partial charge < -0.3 is 0 Å². The topological polar surface area (TPSA) is 41.6 Å². The Balaban J connectivity index is 1.78. The van der Waals surface area contributed by atoms with E-state index in [2.05, 4.69) is 15.2 Å². The van der Waals surface area contributed by atoms with Crippen molar-refractivity contribution in [1.29, 1.82) is 0 Å².